The fourth-order valence-electron chi connectivity index (χ4n) is 5.51. The molecule has 1 aliphatic heterocycles. The summed E-state index contributed by atoms with van der Waals surface area (Å²) in [7, 11) is 0. The van der Waals surface area contributed by atoms with Crippen molar-refractivity contribution in [2.24, 2.45) is 0 Å². The van der Waals surface area contributed by atoms with Gasteiger partial charge in [0.2, 0.25) is 5.91 Å². The maximum absolute atomic E-state index is 13.3. The van der Waals surface area contributed by atoms with E-state index >= 15 is 0 Å². The number of nitrogens with zero attached hydrogens (tertiary/aromatic N) is 5. The van der Waals surface area contributed by atoms with Crippen molar-refractivity contribution < 1.29 is 9.59 Å². The minimum atomic E-state index is -0.0568. The lowest BCUT2D eigenvalue weighted by atomic mass is 10.0. The fourth-order valence-corrected chi connectivity index (χ4v) is 6.62. The number of carbonyl (C=O) groups excluding carboxylic acids is 2. The molecule has 9 heteroatoms. The van der Waals surface area contributed by atoms with Crippen LogP contribution >= 0.6 is 23.4 Å². The maximum Gasteiger partial charge on any atom is 0.254 e. The second-order valence-electron chi connectivity index (χ2n) is 10.7. The van der Waals surface area contributed by atoms with Crippen molar-refractivity contribution in [3.63, 3.8) is 0 Å². The number of para-hydroxylation sites is 1. The van der Waals surface area contributed by atoms with Crippen LogP contribution in [0.3, 0.4) is 0 Å². The lowest BCUT2D eigenvalue weighted by Crippen LogP contribution is -2.55. The maximum atomic E-state index is 13.3. The molecule has 6 rings (SSSR count). The van der Waals surface area contributed by atoms with E-state index in [4.69, 9.17) is 11.6 Å². The molecule has 0 aliphatic carbocycles. The highest BCUT2D eigenvalue weighted by Crippen LogP contribution is 2.32. The summed E-state index contributed by atoms with van der Waals surface area (Å²) in [6, 6.07) is 31.4. The molecule has 5 aromatic rings. The normalized spacial score (nSPS) is 15.2. The Morgan fingerprint density at radius 2 is 1.63 bits per heavy atom. The molecule has 1 aliphatic rings. The molecule has 43 heavy (non-hydrogen) atoms. The van der Waals surface area contributed by atoms with E-state index in [-0.39, 0.29) is 17.9 Å². The molecule has 1 unspecified atom stereocenters. The summed E-state index contributed by atoms with van der Waals surface area (Å²) in [6.45, 7) is 3.62. The van der Waals surface area contributed by atoms with Crippen LogP contribution in [0.25, 0.3) is 27.8 Å². The molecule has 218 valence electrons. The molecule has 1 saturated heterocycles. The summed E-state index contributed by atoms with van der Waals surface area (Å²) < 4.78 is 2.02. The molecule has 1 fully saturated rings. The van der Waals surface area contributed by atoms with Crippen molar-refractivity contribution in [2.75, 3.05) is 25.4 Å². The molecule has 0 radical (unpaired) electrons. The molecule has 0 saturated carbocycles. The Morgan fingerprint density at radius 3 is 2.42 bits per heavy atom. The monoisotopic (exact) mass is 609 g/mol. The van der Waals surface area contributed by atoms with Gasteiger partial charge >= 0.3 is 0 Å². The fraction of sp³-hybridized carbons (Fsp3) is 0.235. The summed E-state index contributed by atoms with van der Waals surface area (Å²) >= 11 is 8.08. The van der Waals surface area contributed by atoms with E-state index in [0.29, 0.717) is 48.9 Å². The largest absolute Gasteiger partial charge is 0.339 e. The molecule has 0 spiro atoms. The third-order valence-electron chi connectivity index (χ3n) is 7.77. The van der Waals surface area contributed by atoms with E-state index in [9.17, 15) is 9.59 Å². The quantitative estimate of drug-likeness (QED) is 0.140. The van der Waals surface area contributed by atoms with Gasteiger partial charge in [0, 0.05) is 54.7 Å². The van der Waals surface area contributed by atoms with Crippen LogP contribution < -0.4 is 0 Å². The van der Waals surface area contributed by atoms with Gasteiger partial charge in [-0.25, -0.2) is 0 Å². The zero-order chi connectivity index (χ0) is 29.8. The number of carbonyl (C=O) groups is 2. The lowest BCUT2D eigenvalue weighted by Gasteiger charge is -2.40. The number of hydrogen-bond acceptors (Lipinski definition) is 5. The molecule has 4 aromatic carbocycles. The molecule has 1 atom stereocenters. The summed E-state index contributed by atoms with van der Waals surface area (Å²) in [5.74, 6) is 1.53. The van der Waals surface area contributed by atoms with Crippen molar-refractivity contribution in [3.8, 4) is 17.1 Å². The number of amides is 2. The van der Waals surface area contributed by atoms with Gasteiger partial charge in [-0.15, -0.1) is 10.2 Å². The Balaban J connectivity index is 1.05. The van der Waals surface area contributed by atoms with Crippen LogP contribution in [0, 0.1) is 0 Å². The van der Waals surface area contributed by atoms with Crippen LogP contribution in [0.1, 0.15) is 30.1 Å². The first-order valence-electron chi connectivity index (χ1n) is 14.5. The number of rotatable bonds is 8. The second kappa shape index (κ2) is 13.0. The average molecular weight is 610 g/mol. The predicted octanol–water partition coefficient (Wildman–Crippen LogP) is 6.99. The van der Waals surface area contributed by atoms with E-state index in [0.717, 1.165) is 32.9 Å². The van der Waals surface area contributed by atoms with Gasteiger partial charge in [0.05, 0.1) is 5.02 Å². The van der Waals surface area contributed by atoms with Gasteiger partial charge in [0.15, 0.2) is 11.0 Å². The molecule has 0 N–H and O–H groups in total. The topological polar surface area (TPSA) is 71.3 Å². The van der Waals surface area contributed by atoms with Crippen molar-refractivity contribution in [3.05, 3.63) is 108 Å². The number of fused-ring (bicyclic) bond motifs is 1. The molecule has 2 heterocycles. The van der Waals surface area contributed by atoms with Gasteiger partial charge < -0.3 is 9.80 Å². The van der Waals surface area contributed by atoms with Crippen molar-refractivity contribution >= 4 is 45.9 Å². The van der Waals surface area contributed by atoms with Gasteiger partial charge in [0.25, 0.3) is 5.91 Å². The summed E-state index contributed by atoms with van der Waals surface area (Å²) in [5.41, 5.74) is 2.45. The van der Waals surface area contributed by atoms with E-state index in [1.165, 1.54) is 0 Å². The molecule has 2 amide bonds. The van der Waals surface area contributed by atoms with Gasteiger partial charge in [-0.3, -0.25) is 14.2 Å². The van der Waals surface area contributed by atoms with Crippen molar-refractivity contribution in [2.45, 2.75) is 31.0 Å². The van der Waals surface area contributed by atoms with Crippen molar-refractivity contribution in [1.82, 2.24) is 24.6 Å². The minimum absolute atomic E-state index is 0.0143. The molecular formula is C34H32ClN5O2S. The zero-order valence-electron chi connectivity index (χ0n) is 23.9. The number of thioether (sulfide) groups is 1. The van der Waals surface area contributed by atoms with Crippen LogP contribution in [0.2, 0.25) is 5.02 Å². The summed E-state index contributed by atoms with van der Waals surface area (Å²) in [5, 5.41) is 12.5. The van der Waals surface area contributed by atoms with E-state index < -0.39 is 0 Å². The first-order valence-corrected chi connectivity index (χ1v) is 15.8. The molecule has 7 nitrogen and oxygen atoms in total. The smallest absolute Gasteiger partial charge is 0.254 e. The van der Waals surface area contributed by atoms with Crippen LogP contribution in [0.5, 0.6) is 0 Å². The third-order valence-corrected chi connectivity index (χ3v) is 9.11. The number of aromatic nitrogens is 3. The molecule has 1 aromatic heterocycles. The minimum Gasteiger partial charge on any atom is -0.339 e. The lowest BCUT2D eigenvalue weighted by molar-refractivity contribution is -0.133. The van der Waals surface area contributed by atoms with Gasteiger partial charge in [-0.2, -0.15) is 0 Å². The Kier molecular flexibility index (Phi) is 8.77. The Hall–Kier alpha value is -4.14. The number of benzene rings is 4. The Morgan fingerprint density at radius 1 is 0.884 bits per heavy atom. The van der Waals surface area contributed by atoms with Gasteiger partial charge in [-0.1, -0.05) is 84.0 Å². The predicted molar refractivity (Wildman–Crippen MR) is 173 cm³/mol. The van der Waals surface area contributed by atoms with E-state index in [1.54, 1.807) is 11.8 Å². The first-order chi connectivity index (χ1) is 21.0. The Bertz CT molecular complexity index is 1760. The SMILES string of the molecule is CC1CN(C(=O)CCCSc2nnc(-c3ccccc3Cl)n2-c2ccccc2)CCN1C(=O)c1ccc2ccccc2c1. The summed E-state index contributed by atoms with van der Waals surface area (Å²) in [6.07, 6.45) is 1.15. The van der Waals surface area contributed by atoms with Crippen LogP contribution in [-0.2, 0) is 4.79 Å². The van der Waals surface area contributed by atoms with Crippen molar-refractivity contribution in [1.29, 1.82) is 0 Å². The van der Waals surface area contributed by atoms with E-state index in [2.05, 4.69) is 10.2 Å². The third kappa shape index (κ3) is 6.31. The number of halogens is 1. The molecule has 0 bridgehead atoms. The van der Waals surface area contributed by atoms with Gasteiger partial charge in [-0.05, 0) is 60.5 Å². The van der Waals surface area contributed by atoms with Crippen LogP contribution in [0.15, 0.2) is 102 Å². The average Bonchev–Trinajstić information content (AvgIpc) is 3.46. The zero-order valence-corrected chi connectivity index (χ0v) is 25.5. The highest BCUT2D eigenvalue weighted by molar-refractivity contribution is 7.99. The highest BCUT2D eigenvalue weighted by Gasteiger charge is 2.30. The van der Waals surface area contributed by atoms with Crippen LogP contribution in [0.4, 0.5) is 0 Å². The molecular weight excluding hydrogens is 578 g/mol. The number of hydrogen-bond donors (Lipinski definition) is 0. The summed E-state index contributed by atoms with van der Waals surface area (Å²) in [4.78, 5) is 30.2. The van der Waals surface area contributed by atoms with Gasteiger partial charge in [0.1, 0.15) is 0 Å². The van der Waals surface area contributed by atoms with Crippen LogP contribution in [-0.4, -0.2) is 67.8 Å². The highest BCUT2D eigenvalue weighted by atomic mass is 35.5. The Labute approximate surface area is 260 Å². The van der Waals surface area contributed by atoms with E-state index in [1.807, 2.05) is 118 Å². The first kappa shape index (κ1) is 29.0. The number of piperazine rings is 1. The second-order valence-corrected chi connectivity index (χ2v) is 12.1. The standard InChI is InChI=1S/C34H32ClN5O2S/c1-24-23-38(19-20-39(24)33(42)27-18-17-25-10-5-6-11-26(25)22-27)31(41)16-9-21-43-34-37-36-32(29-14-7-8-15-30(29)35)40(34)28-12-3-2-4-13-28/h2-8,10-15,17-18,22,24H,9,16,19-21,23H2,1H3.